The van der Waals surface area contributed by atoms with Crippen LogP contribution in [0.15, 0.2) is 61.1 Å². The summed E-state index contributed by atoms with van der Waals surface area (Å²) in [5.74, 6) is -0.436. The number of carbonyl (C=O) groups is 1. The van der Waals surface area contributed by atoms with Gasteiger partial charge in [-0.3, -0.25) is 0 Å². The van der Waals surface area contributed by atoms with Gasteiger partial charge in [0, 0.05) is 23.1 Å². The van der Waals surface area contributed by atoms with Crippen molar-refractivity contribution in [3.8, 4) is 11.3 Å². The molecule has 0 aliphatic heterocycles. The van der Waals surface area contributed by atoms with Gasteiger partial charge in [0.25, 0.3) is 0 Å². The molecule has 0 aliphatic carbocycles. The maximum Gasteiger partial charge on any atom is 0.417 e. The number of alkyl halides is 3. The van der Waals surface area contributed by atoms with Gasteiger partial charge in [0.1, 0.15) is 6.33 Å². The summed E-state index contributed by atoms with van der Waals surface area (Å²) in [6.07, 6.45) is -1.93. The van der Waals surface area contributed by atoms with Gasteiger partial charge in [-0.1, -0.05) is 0 Å². The first-order chi connectivity index (χ1) is 13.4. The van der Waals surface area contributed by atoms with Crippen molar-refractivity contribution in [1.82, 2.24) is 9.97 Å². The highest BCUT2D eigenvalue weighted by molar-refractivity contribution is 5.90. The van der Waals surface area contributed by atoms with Gasteiger partial charge in [0.2, 0.25) is 0 Å². The van der Waals surface area contributed by atoms with Crippen molar-refractivity contribution in [2.24, 2.45) is 0 Å². The molecule has 28 heavy (non-hydrogen) atoms. The summed E-state index contributed by atoms with van der Waals surface area (Å²) < 4.78 is 45.0. The second-order valence-electron chi connectivity index (χ2n) is 5.78. The van der Waals surface area contributed by atoms with E-state index < -0.39 is 17.7 Å². The van der Waals surface area contributed by atoms with Gasteiger partial charge >= 0.3 is 12.1 Å². The lowest BCUT2D eigenvalue weighted by molar-refractivity contribution is -0.137. The highest BCUT2D eigenvalue weighted by Crippen LogP contribution is 2.38. The fourth-order valence-corrected chi connectivity index (χ4v) is 2.60. The number of aromatic nitrogens is 2. The normalized spacial score (nSPS) is 11.1. The largest absolute Gasteiger partial charge is 0.462 e. The van der Waals surface area contributed by atoms with E-state index in [2.05, 4.69) is 15.3 Å². The Bertz CT molecular complexity index is 959. The number of rotatable bonds is 5. The zero-order valence-electron chi connectivity index (χ0n) is 14.8. The van der Waals surface area contributed by atoms with Gasteiger partial charge in [0.15, 0.2) is 0 Å². The number of nitrogens with zero attached hydrogens (tertiary/aromatic N) is 2. The molecule has 0 spiro atoms. The molecule has 0 aliphatic rings. The Morgan fingerprint density at radius 3 is 2.39 bits per heavy atom. The second-order valence-corrected chi connectivity index (χ2v) is 5.78. The molecule has 1 N–H and O–H groups in total. The Labute approximate surface area is 159 Å². The van der Waals surface area contributed by atoms with Crippen LogP contribution in [0.1, 0.15) is 22.8 Å². The smallest absolute Gasteiger partial charge is 0.417 e. The molecule has 144 valence electrons. The van der Waals surface area contributed by atoms with Gasteiger partial charge in [-0.2, -0.15) is 13.2 Å². The Hall–Kier alpha value is -3.42. The van der Waals surface area contributed by atoms with Crippen molar-refractivity contribution < 1.29 is 22.7 Å². The summed E-state index contributed by atoms with van der Waals surface area (Å²) in [6, 6.07) is 11.6. The van der Waals surface area contributed by atoms with Crippen molar-refractivity contribution in [3.63, 3.8) is 0 Å². The highest BCUT2D eigenvalue weighted by Gasteiger charge is 2.34. The molecule has 3 rings (SSSR count). The summed E-state index contributed by atoms with van der Waals surface area (Å²) in [6.45, 7) is 1.99. The lowest BCUT2D eigenvalue weighted by Gasteiger charge is -2.15. The van der Waals surface area contributed by atoms with Crippen molar-refractivity contribution in [2.45, 2.75) is 13.1 Å². The van der Waals surface area contributed by atoms with E-state index in [9.17, 15) is 18.0 Å². The molecular weight excluding hydrogens is 371 g/mol. The topological polar surface area (TPSA) is 64.1 Å². The average molecular weight is 387 g/mol. The summed E-state index contributed by atoms with van der Waals surface area (Å²) >= 11 is 0. The molecule has 2 aromatic carbocycles. The van der Waals surface area contributed by atoms with Crippen molar-refractivity contribution in [3.05, 3.63) is 72.2 Å². The highest BCUT2D eigenvalue weighted by atomic mass is 19.4. The predicted molar refractivity (Wildman–Crippen MR) is 98.2 cm³/mol. The van der Waals surface area contributed by atoms with E-state index in [-0.39, 0.29) is 17.9 Å². The molecule has 3 aromatic rings. The number of halogens is 3. The molecule has 0 saturated heterocycles. The standard InChI is InChI=1S/C20H16F3N3O2/c1-2-28-19(27)13-3-5-14(6-4-13)26-15-7-8-17(20(21,22)23)16(11-15)18-9-10-24-12-25-18/h3-12,26H,2H2,1H3. The minimum Gasteiger partial charge on any atom is -0.462 e. The van der Waals surface area contributed by atoms with Crippen molar-refractivity contribution in [1.29, 1.82) is 0 Å². The van der Waals surface area contributed by atoms with E-state index in [4.69, 9.17) is 4.74 Å². The van der Waals surface area contributed by atoms with Crippen molar-refractivity contribution in [2.75, 3.05) is 11.9 Å². The minimum absolute atomic E-state index is 0.0527. The first-order valence-corrected chi connectivity index (χ1v) is 8.40. The molecule has 5 nitrogen and oxygen atoms in total. The number of benzene rings is 2. The fourth-order valence-electron chi connectivity index (χ4n) is 2.60. The van der Waals surface area contributed by atoms with Crippen LogP contribution in [-0.2, 0) is 10.9 Å². The van der Waals surface area contributed by atoms with E-state index in [0.717, 1.165) is 6.07 Å². The summed E-state index contributed by atoms with van der Waals surface area (Å²) in [5, 5.41) is 3.03. The fraction of sp³-hybridized carbons (Fsp3) is 0.150. The van der Waals surface area contributed by atoms with Crippen LogP contribution >= 0.6 is 0 Å². The number of esters is 1. The van der Waals surface area contributed by atoms with E-state index in [1.54, 1.807) is 31.2 Å². The van der Waals surface area contributed by atoms with Crippen LogP contribution in [0.25, 0.3) is 11.3 Å². The first kappa shape index (κ1) is 19.3. The third-order valence-corrected chi connectivity index (χ3v) is 3.87. The second kappa shape index (κ2) is 8.08. The lowest BCUT2D eigenvalue weighted by atomic mass is 10.0. The molecule has 1 aromatic heterocycles. The van der Waals surface area contributed by atoms with E-state index >= 15 is 0 Å². The van der Waals surface area contributed by atoms with Gasteiger partial charge < -0.3 is 10.1 Å². The molecule has 0 atom stereocenters. The third-order valence-electron chi connectivity index (χ3n) is 3.87. The Balaban J connectivity index is 1.90. The maximum atomic E-state index is 13.4. The summed E-state index contributed by atoms with van der Waals surface area (Å²) in [7, 11) is 0. The first-order valence-electron chi connectivity index (χ1n) is 8.40. The Morgan fingerprint density at radius 2 is 1.79 bits per heavy atom. The molecule has 0 amide bonds. The summed E-state index contributed by atoms with van der Waals surface area (Å²) in [5.41, 5.74) is 0.787. The van der Waals surface area contributed by atoms with Crippen LogP contribution in [0, 0.1) is 0 Å². The van der Waals surface area contributed by atoms with Crippen LogP contribution in [0.5, 0.6) is 0 Å². The average Bonchev–Trinajstić information content (AvgIpc) is 2.68. The molecule has 0 bridgehead atoms. The third kappa shape index (κ3) is 4.46. The molecule has 8 heteroatoms. The van der Waals surface area contributed by atoms with Crippen LogP contribution in [-0.4, -0.2) is 22.5 Å². The van der Waals surface area contributed by atoms with Gasteiger partial charge in [0.05, 0.1) is 23.4 Å². The molecular formula is C20H16F3N3O2. The van der Waals surface area contributed by atoms with Crippen molar-refractivity contribution >= 4 is 17.3 Å². The van der Waals surface area contributed by atoms with Crippen LogP contribution in [0.2, 0.25) is 0 Å². The number of ether oxygens (including phenoxy) is 1. The zero-order valence-corrected chi connectivity index (χ0v) is 14.8. The van der Waals surface area contributed by atoms with E-state index in [1.807, 2.05) is 0 Å². The van der Waals surface area contributed by atoms with Crippen LogP contribution < -0.4 is 5.32 Å². The monoisotopic (exact) mass is 387 g/mol. The molecule has 0 fully saturated rings. The number of carbonyl (C=O) groups excluding carboxylic acids is 1. The van der Waals surface area contributed by atoms with Crippen LogP contribution in [0.3, 0.4) is 0 Å². The Morgan fingerprint density at radius 1 is 1.07 bits per heavy atom. The zero-order chi connectivity index (χ0) is 20.1. The molecule has 0 radical (unpaired) electrons. The predicted octanol–water partition coefficient (Wildman–Crippen LogP) is 5.08. The number of anilines is 2. The van der Waals surface area contributed by atoms with E-state index in [1.165, 1.54) is 30.7 Å². The molecule has 0 unspecified atom stereocenters. The Kier molecular flexibility index (Phi) is 5.58. The summed E-state index contributed by atoms with van der Waals surface area (Å²) in [4.78, 5) is 19.4. The number of hydrogen-bond donors (Lipinski definition) is 1. The lowest BCUT2D eigenvalue weighted by Crippen LogP contribution is -2.08. The quantitative estimate of drug-likeness (QED) is 0.619. The maximum absolute atomic E-state index is 13.4. The molecule has 1 heterocycles. The van der Waals surface area contributed by atoms with E-state index in [0.29, 0.717) is 16.9 Å². The van der Waals surface area contributed by atoms with Crippen LogP contribution in [0.4, 0.5) is 24.5 Å². The number of hydrogen-bond acceptors (Lipinski definition) is 5. The molecule has 0 saturated carbocycles. The van der Waals surface area contributed by atoms with Gasteiger partial charge in [-0.25, -0.2) is 14.8 Å². The SMILES string of the molecule is CCOC(=O)c1ccc(Nc2ccc(C(F)(F)F)c(-c3ccncn3)c2)cc1. The minimum atomic E-state index is -4.51. The number of nitrogens with one attached hydrogen (secondary N) is 1. The van der Waals surface area contributed by atoms with Gasteiger partial charge in [-0.15, -0.1) is 0 Å². The van der Waals surface area contributed by atoms with Gasteiger partial charge in [-0.05, 0) is 55.5 Å².